The number of hydrogen-bond acceptors (Lipinski definition) is 9. The van der Waals surface area contributed by atoms with Crippen molar-refractivity contribution in [3.8, 4) is 16.3 Å². The summed E-state index contributed by atoms with van der Waals surface area (Å²) < 4.78 is 6.02. The molecule has 11 heteroatoms. The molecule has 6 rings (SSSR count). The number of carbonyl (C=O) groups excluding carboxylic acids is 1. The van der Waals surface area contributed by atoms with Crippen molar-refractivity contribution in [2.75, 3.05) is 16.8 Å². The van der Waals surface area contributed by atoms with Gasteiger partial charge in [-0.2, -0.15) is 4.98 Å². The van der Waals surface area contributed by atoms with Gasteiger partial charge in [-0.1, -0.05) is 71.2 Å². The first-order chi connectivity index (χ1) is 19.0. The number of benzene rings is 3. The Morgan fingerprint density at radius 2 is 1.82 bits per heavy atom. The molecule has 0 saturated heterocycles. The maximum atomic E-state index is 13.3. The Bertz CT molecular complexity index is 1660. The number of carbonyl (C=O) groups is 2. The van der Waals surface area contributed by atoms with Gasteiger partial charge in [0.05, 0.1) is 16.8 Å². The molecule has 2 aromatic heterocycles. The van der Waals surface area contributed by atoms with Crippen LogP contribution < -0.4 is 15.0 Å². The number of amides is 1. The Balaban J connectivity index is 1.29. The van der Waals surface area contributed by atoms with E-state index < -0.39 is 6.16 Å². The van der Waals surface area contributed by atoms with Gasteiger partial charge in [0, 0.05) is 18.7 Å². The number of ether oxygens (including phenoxy) is 1. The topological polar surface area (TPSA) is 125 Å². The molecule has 1 aliphatic rings. The molecule has 0 radical (unpaired) electrons. The van der Waals surface area contributed by atoms with Crippen LogP contribution in [0.3, 0.4) is 0 Å². The molecule has 0 fully saturated rings. The number of nitrogens with one attached hydrogen (secondary N) is 1. The van der Waals surface area contributed by atoms with Crippen molar-refractivity contribution in [3.05, 3.63) is 89.0 Å². The number of aliphatic hydroxyl groups excluding tert-OH is 1. The minimum Gasteiger partial charge on any atom is -0.449 e. The van der Waals surface area contributed by atoms with Crippen LogP contribution >= 0.6 is 22.7 Å². The fraction of sp³-hybridized carbons (Fsp3) is 0.143. The number of anilines is 2. The molecule has 0 saturated carbocycles. The van der Waals surface area contributed by atoms with E-state index in [0.29, 0.717) is 40.2 Å². The lowest BCUT2D eigenvalue weighted by Crippen LogP contribution is -2.32. The van der Waals surface area contributed by atoms with E-state index in [1.165, 1.54) is 22.7 Å². The van der Waals surface area contributed by atoms with Crippen molar-refractivity contribution in [2.24, 2.45) is 0 Å². The summed E-state index contributed by atoms with van der Waals surface area (Å²) in [5.41, 5.74) is 4.86. The molecule has 3 heterocycles. The van der Waals surface area contributed by atoms with Crippen LogP contribution in [0, 0.1) is 0 Å². The maximum Gasteiger partial charge on any atom is 0.512 e. The van der Waals surface area contributed by atoms with Crippen LogP contribution in [0.25, 0.3) is 20.7 Å². The summed E-state index contributed by atoms with van der Waals surface area (Å²) in [6.07, 6.45) is -0.745. The highest BCUT2D eigenvalue weighted by molar-refractivity contribution is 7.22. The summed E-state index contributed by atoms with van der Waals surface area (Å²) in [6, 6.07) is 20.6. The minimum absolute atomic E-state index is 0.00640. The van der Waals surface area contributed by atoms with Gasteiger partial charge in [0.25, 0.3) is 5.91 Å². The third kappa shape index (κ3) is 5.07. The highest BCUT2D eigenvalue weighted by Crippen LogP contribution is 2.41. The highest BCUT2D eigenvalue weighted by atomic mass is 32.1. The van der Waals surface area contributed by atoms with Crippen molar-refractivity contribution in [2.45, 2.75) is 19.6 Å². The molecule has 1 aliphatic heterocycles. The van der Waals surface area contributed by atoms with Crippen LogP contribution in [0.15, 0.2) is 66.7 Å². The fourth-order valence-corrected chi connectivity index (χ4v) is 6.46. The normalized spacial score (nSPS) is 12.8. The number of rotatable bonds is 6. The SMILES string of the molecule is O=C(O)Oc1nc(N2CCc3cccc(C(=O)Nc4nc5ccccc5s4)c3C2)sc1-c1ccc(CO)cc1. The average molecular weight is 559 g/mol. The number of aliphatic hydroxyl groups is 1. The summed E-state index contributed by atoms with van der Waals surface area (Å²) in [6.45, 7) is 0.995. The number of thiazole rings is 2. The predicted octanol–water partition coefficient (Wildman–Crippen LogP) is 5.78. The van der Waals surface area contributed by atoms with Gasteiger partial charge in [-0.05, 0) is 46.9 Å². The van der Waals surface area contributed by atoms with Crippen LogP contribution in [-0.4, -0.2) is 38.8 Å². The first-order valence-electron chi connectivity index (χ1n) is 12.1. The lowest BCUT2D eigenvalue weighted by Gasteiger charge is -2.29. The molecule has 39 heavy (non-hydrogen) atoms. The van der Waals surface area contributed by atoms with Crippen LogP contribution in [0.2, 0.25) is 0 Å². The number of fused-ring (bicyclic) bond motifs is 2. The monoisotopic (exact) mass is 558 g/mol. The fourth-order valence-electron chi connectivity index (χ4n) is 4.57. The van der Waals surface area contributed by atoms with E-state index in [1.54, 1.807) is 30.3 Å². The van der Waals surface area contributed by atoms with Gasteiger partial charge in [0.2, 0.25) is 5.88 Å². The average Bonchev–Trinajstić information content (AvgIpc) is 3.55. The summed E-state index contributed by atoms with van der Waals surface area (Å²) in [4.78, 5) is 36.4. The van der Waals surface area contributed by atoms with Crippen molar-refractivity contribution in [3.63, 3.8) is 0 Å². The van der Waals surface area contributed by atoms with Gasteiger partial charge >= 0.3 is 6.16 Å². The van der Waals surface area contributed by atoms with Gasteiger partial charge in [0.1, 0.15) is 4.88 Å². The largest absolute Gasteiger partial charge is 0.512 e. The van der Waals surface area contributed by atoms with Gasteiger partial charge in [-0.25, -0.2) is 9.78 Å². The van der Waals surface area contributed by atoms with Crippen LogP contribution in [0.4, 0.5) is 15.1 Å². The molecule has 3 N–H and O–H groups in total. The summed E-state index contributed by atoms with van der Waals surface area (Å²) >= 11 is 2.75. The Morgan fingerprint density at radius 1 is 1.00 bits per heavy atom. The standard InChI is InChI=1S/C28H22N4O5S2/c33-15-16-8-10-18(11-9-16)23-25(37-28(35)36)31-27(39-23)32-13-12-17-4-3-5-19(20(17)14-32)24(34)30-26-29-21-6-1-2-7-22(21)38-26/h1-11,33H,12-15H2,(H,35,36)(H,29,30,34). The molecule has 0 aliphatic carbocycles. The molecule has 0 bridgehead atoms. The lowest BCUT2D eigenvalue weighted by atomic mass is 9.94. The first kappa shape index (κ1) is 25.0. The Hall–Kier alpha value is -4.32. The minimum atomic E-state index is -1.45. The number of para-hydroxylation sites is 1. The Labute approximate surface area is 231 Å². The molecule has 1 amide bonds. The molecule has 0 spiro atoms. The van der Waals surface area contributed by atoms with E-state index in [4.69, 9.17) is 4.74 Å². The summed E-state index contributed by atoms with van der Waals surface area (Å²) in [7, 11) is 0. The first-order valence-corrected chi connectivity index (χ1v) is 13.8. The molecule has 9 nitrogen and oxygen atoms in total. The van der Waals surface area contributed by atoms with E-state index in [1.807, 2.05) is 41.3 Å². The van der Waals surface area contributed by atoms with Crippen molar-refractivity contribution < 1.29 is 24.5 Å². The third-order valence-electron chi connectivity index (χ3n) is 6.47. The van der Waals surface area contributed by atoms with Crippen molar-refractivity contribution in [1.29, 1.82) is 0 Å². The second-order valence-electron chi connectivity index (χ2n) is 8.91. The van der Waals surface area contributed by atoms with Gasteiger partial charge in [0.15, 0.2) is 10.3 Å². The van der Waals surface area contributed by atoms with E-state index in [-0.39, 0.29) is 18.4 Å². The number of hydrogen-bond donors (Lipinski definition) is 3. The number of aromatic nitrogens is 2. The molecule has 0 unspecified atom stereocenters. The molecule has 196 valence electrons. The smallest absolute Gasteiger partial charge is 0.449 e. The van der Waals surface area contributed by atoms with Gasteiger partial charge in [-0.3, -0.25) is 10.1 Å². The van der Waals surface area contributed by atoms with Gasteiger partial charge < -0.3 is 19.8 Å². The van der Waals surface area contributed by atoms with E-state index >= 15 is 0 Å². The molecule has 5 aromatic rings. The third-order valence-corrected chi connectivity index (χ3v) is 8.57. The van der Waals surface area contributed by atoms with Gasteiger partial charge in [-0.15, -0.1) is 0 Å². The summed E-state index contributed by atoms with van der Waals surface area (Å²) in [5, 5.41) is 22.7. The molecule has 3 aromatic carbocycles. The zero-order valence-electron chi connectivity index (χ0n) is 20.5. The second kappa shape index (κ2) is 10.4. The predicted molar refractivity (Wildman–Crippen MR) is 151 cm³/mol. The van der Waals surface area contributed by atoms with E-state index in [9.17, 15) is 19.8 Å². The quantitative estimate of drug-likeness (QED) is 0.224. The van der Waals surface area contributed by atoms with Crippen molar-refractivity contribution >= 4 is 55.2 Å². The Morgan fingerprint density at radius 3 is 2.59 bits per heavy atom. The molecule has 0 atom stereocenters. The number of nitrogens with zero attached hydrogens (tertiary/aromatic N) is 3. The van der Waals surface area contributed by atoms with E-state index in [2.05, 4.69) is 15.3 Å². The van der Waals surface area contributed by atoms with E-state index in [0.717, 1.165) is 32.5 Å². The summed E-state index contributed by atoms with van der Waals surface area (Å²) in [5.74, 6) is -0.224. The zero-order valence-corrected chi connectivity index (χ0v) is 22.1. The highest BCUT2D eigenvalue weighted by Gasteiger charge is 2.27. The van der Waals surface area contributed by atoms with Crippen LogP contribution in [0.1, 0.15) is 27.0 Å². The second-order valence-corrected chi connectivity index (χ2v) is 10.9. The molecular formula is C28H22N4O5S2. The lowest BCUT2D eigenvalue weighted by molar-refractivity contribution is 0.102. The van der Waals surface area contributed by atoms with Crippen LogP contribution in [-0.2, 0) is 19.6 Å². The van der Waals surface area contributed by atoms with Crippen molar-refractivity contribution in [1.82, 2.24) is 9.97 Å². The Kier molecular flexibility index (Phi) is 6.69. The van der Waals surface area contributed by atoms with Crippen LogP contribution in [0.5, 0.6) is 5.88 Å². The maximum absolute atomic E-state index is 13.3. The molecular weight excluding hydrogens is 536 g/mol. The zero-order chi connectivity index (χ0) is 26.9. The number of carboxylic acid groups (broad SMARTS) is 1.